The monoisotopic (exact) mass is 767 g/mol. The molecule has 1 saturated carbocycles. The molecule has 2 N–H and O–H groups in total. The highest BCUT2D eigenvalue weighted by atomic mass is 16.2. The summed E-state index contributed by atoms with van der Waals surface area (Å²) in [6, 6.07) is 11.3. The van der Waals surface area contributed by atoms with Crippen LogP contribution in [0.5, 0.6) is 0 Å². The molecule has 5 aromatic rings. The van der Waals surface area contributed by atoms with Crippen LogP contribution >= 0.6 is 0 Å². The van der Waals surface area contributed by atoms with Gasteiger partial charge in [-0.2, -0.15) is 20.3 Å². The number of hydrogen-bond acceptors (Lipinski definition) is 13. The summed E-state index contributed by atoms with van der Waals surface area (Å²) in [5.41, 5.74) is 4.02. The zero-order valence-electron chi connectivity index (χ0n) is 32.1. The fourth-order valence-electron chi connectivity index (χ4n) is 8.25. The average molecular weight is 768 g/mol. The van der Waals surface area contributed by atoms with E-state index < -0.39 is 12.1 Å². The maximum Gasteiger partial charge on any atom is 0.328 e. The zero-order chi connectivity index (χ0) is 39.5. The molecule has 3 aliphatic rings. The summed E-state index contributed by atoms with van der Waals surface area (Å²) >= 11 is 0. The molecule has 0 unspecified atom stereocenters. The average Bonchev–Trinajstić information content (AvgIpc) is 3.91. The van der Waals surface area contributed by atoms with Gasteiger partial charge in [0, 0.05) is 62.2 Å². The van der Waals surface area contributed by atoms with Crippen LogP contribution in [0.1, 0.15) is 76.0 Å². The number of aromatic nitrogens is 8. The summed E-state index contributed by atoms with van der Waals surface area (Å²) in [6.45, 7) is 8.33. The molecule has 0 bridgehead atoms. The first-order valence-electron chi connectivity index (χ1n) is 19.7. The minimum Gasteiger partial charge on any atom is -0.368 e. The number of nitrogens with zero attached hydrogens (tertiary/aromatic N) is 13. The lowest BCUT2D eigenvalue weighted by molar-refractivity contribution is -0.120. The van der Waals surface area contributed by atoms with Crippen molar-refractivity contribution in [1.29, 1.82) is 10.5 Å². The van der Waals surface area contributed by atoms with Crippen LogP contribution < -0.4 is 20.4 Å². The number of piperazine rings is 1. The van der Waals surface area contributed by atoms with Gasteiger partial charge in [0.05, 0.1) is 53.5 Å². The highest BCUT2D eigenvalue weighted by Crippen LogP contribution is 2.37. The van der Waals surface area contributed by atoms with Gasteiger partial charge in [0.2, 0.25) is 5.91 Å². The maximum absolute atomic E-state index is 12.3. The van der Waals surface area contributed by atoms with Crippen LogP contribution in [0.2, 0.25) is 0 Å². The molecule has 3 amide bonds. The number of pyridine rings is 3. The number of rotatable bonds is 11. The summed E-state index contributed by atoms with van der Waals surface area (Å²) in [6.07, 6.45) is 15.5. The standard InChI is InChI=1S/C40H45N15O2/c1-3-31-24-51(14-15-52(31)36-9-8-32(22-43-36)53-13-11-38(56)48-40(53)57)12-10-27-4-6-29(7-5-27)34-25-54(50-49-34)35-23-44-37(17-33(35)47-26(2)18-41)55-39-30(21-46-55)16-28(19-42)20-45-39/h8-9,16-17,20-23,25-27,29,31H,3-7,10-15,24H2,1-2H3,(H,44,47)(H,48,56,57)/t26-,27-,29-,31-/m1/s1. The van der Waals surface area contributed by atoms with E-state index in [0.717, 1.165) is 75.2 Å². The van der Waals surface area contributed by atoms with Gasteiger partial charge in [-0.05, 0) is 76.1 Å². The fourth-order valence-corrected chi connectivity index (χ4v) is 8.25. The van der Waals surface area contributed by atoms with E-state index in [1.807, 2.05) is 24.4 Å². The third-order valence-corrected chi connectivity index (χ3v) is 11.5. The van der Waals surface area contributed by atoms with Crippen LogP contribution in [0.15, 0.2) is 55.2 Å². The second-order valence-corrected chi connectivity index (χ2v) is 15.1. The summed E-state index contributed by atoms with van der Waals surface area (Å²) < 4.78 is 3.34. The lowest BCUT2D eigenvalue weighted by Gasteiger charge is -2.42. The van der Waals surface area contributed by atoms with Gasteiger partial charge in [-0.1, -0.05) is 12.1 Å². The number of urea groups is 1. The van der Waals surface area contributed by atoms with E-state index in [1.54, 1.807) is 45.8 Å². The van der Waals surface area contributed by atoms with Crippen LogP contribution in [0.4, 0.5) is 22.0 Å². The van der Waals surface area contributed by atoms with E-state index in [2.05, 4.69) is 64.9 Å². The van der Waals surface area contributed by atoms with Crippen molar-refractivity contribution < 1.29 is 9.59 Å². The molecule has 8 rings (SSSR count). The Hall–Kier alpha value is -6.46. The number of carbonyl (C=O) groups excluding carboxylic acids is 2. The van der Waals surface area contributed by atoms with E-state index in [0.29, 0.717) is 58.5 Å². The van der Waals surface area contributed by atoms with Gasteiger partial charge >= 0.3 is 6.03 Å². The Balaban J connectivity index is 0.855. The number of imide groups is 1. The van der Waals surface area contributed by atoms with Crippen molar-refractivity contribution in [3.05, 3.63) is 66.5 Å². The SMILES string of the molecule is CC[C@@H]1CN(CC[C@H]2CC[C@H](c3cn(-c4cnc(-n5ncc6cc(C#N)cnc65)cc4N[C@H](C)C#N)nn3)CC2)CCN1c1ccc(N2CCC(=O)NC2=O)cn1. The number of anilines is 3. The smallest absolute Gasteiger partial charge is 0.328 e. The highest BCUT2D eigenvalue weighted by molar-refractivity contribution is 6.05. The molecule has 57 heavy (non-hydrogen) atoms. The first-order chi connectivity index (χ1) is 27.8. The van der Waals surface area contributed by atoms with E-state index in [9.17, 15) is 20.1 Å². The number of amides is 3. The van der Waals surface area contributed by atoms with Gasteiger partial charge in [0.25, 0.3) is 0 Å². The molecule has 17 nitrogen and oxygen atoms in total. The van der Waals surface area contributed by atoms with E-state index in [1.165, 1.54) is 12.6 Å². The van der Waals surface area contributed by atoms with Crippen LogP contribution in [0.3, 0.4) is 0 Å². The normalized spacial score (nSPS) is 20.9. The van der Waals surface area contributed by atoms with Gasteiger partial charge in [0.15, 0.2) is 11.5 Å². The van der Waals surface area contributed by atoms with Crippen molar-refractivity contribution in [2.45, 2.75) is 76.8 Å². The second-order valence-electron chi connectivity index (χ2n) is 15.1. The van der Waals surface area contributed by atoms with Crippen molar-refractivity contribution in [2.24, 2.45) is 5.92 Å². The lowest BCUT2D eigenvalue weighted by atomic mass is 9.79. The van der Waals surface area contributed by atoms with Gasteiger partial charge in [-0.15, -0.1) is 5.10 Å². The quantitative estimate of drug-likeness (QED) is 0.187. The van der Waals surface area contributed by atoms with Crippen LogP contribution in [0.25, 0.3) is 22.5 Å². The van der Waals surface area contributed by atoms with E-state index >= 15 is 0 Å². The molecule has 292 valence electrons. The molecule has 2 saturated heterocycles. The molecule has 2 atom stereocenters. The third-order valence-electron chi connectivity index (χ3n) is 11.5. The van der Waals surface area contributed by atoms with Crippen molar-refractivity contribution in [3.63, 3.8) is 0 Å². The first kappa shape index (κ1) is 37.5. The minimum atomic E-state index is -0.471. The minimum absolute atomic E-state index is 0.245. The van der Waals surface area contributed by atoms with E-state index in [4.69, 9.17) is 4.98 Å². The Labute approximate surface area is 330 Å². The van der Waals surface area contributed by atoms with Gasteiger partial charge in [-0.25, -0.2) is 24.4 Å². The number of hydrogen-bond donors (Lipinski definition) is 2. The van der Waals surface area contributed by atoms with Gasteiger partial charge < -0.3 is 10.2 Å². The fraction of sp³-hybridized carbons (Fsp3) is 0.450. The molecule has 1 aliphatic carbocycles. The predicted molar refractivity (Wildman–Crippen MR) is 212 cm³/mol. The molecule has 5 aromatic heterocycles. The summed E-state index contributed by atoms with van der Waals surface area (Å²) in [5.74, 6) is 2.19. The summed E-state index contributed by atoms with van der Waals surface area (Å²) in [4.78, 5) is 44.2. The summed E-state index contributed by atoms with van der Waals surface area (Å²) in [5, 5.41) is 38.8. The number of fused-ring (bicyclic) bond motifs is 1. The van der Waals surface area contributed by atoms with Crippen molar-refractivity contribution >= 4 is 40.2 Å². The Morgan fingerprint density at radius 1 is 0.982 bits per heavy atom. The van der Waals surface area contributed by atoms with Crippen molar-refractivity contribution in [1.82, 2.24) is 49.9 Å². The van der Waals surface area contributed by atoms with Gasteiger partial charge in [0.1, 0.15) is 23.6 Å². The van der Waals surface area contributed by atoms with Crippen LogP contribution in [0, 0.1) is 28.6 Å². The van der Waals surface area contributed by atoms with Crippen molar-refractivity contribution in [3.8, 4) is 23.6 Å². The van der Waals surface area contributed by atoms with Gasteiger partial charge in [-0.3, -0.25) is 19.9 Å². The molecular weight excluding hydrogens is 723 g/mol. The Kier molecular flexibility index (Phi) is 10.7. The zero-order valence-corrected chi connectivity index (χ0v) is 32.1. The molecule has 0 radical (unpaired) electrons. The van der Waals surface area contributed by atoms with Crippen LogP contribution in [-0.4, -0.2) is 101 Å². The van der Waals surface area contributed by atoms with E-state index in [-0.39, 0.29) is 12.3 Å². The molecule has 7 heterocycles. The maximum atomic E-state index is 12.3. The topological polar surface area (TPSA) is 203 Å². The number of nitriles is 2. The number of nitrogens with one attached hydrogen (secondary N) is 2. The molecular formula is C40H45N15O2. The van der Waals surface area contributed by atoms with Crippen LogP contribution in [-0.2, 0) is 4.79 Å². The highest BCUT2D eigenvalue weighted by Gasteiger charge is 2.30. The summed E-state index contributed by atoms with van der Waals surface area (Å²) in [7, 11) is 0. The largest absolute Gasteiger partial charge is 0.368 e. The Morgan fingerprint density at radius 3 is 2.58 bits per heavy atom. The number of carbonyl (C=O) groups is 2. The third kappa shape index (κ3) is 7.97. The second kappa shape index (κ2) is 16.3. The van der Waals surface area contributed by atoms with Crippen molar-refractivity contribution in [2.75, 3.05) is 47.8 Å². The predicted octanol–water partition coefficient (Wildman–Crippen LogP) is 4.70. The molecule has 0 spiro atoms. The first-order valence-corrected chi connectivity index (χ1v) is 19.7. The molecule has 0 aromatic carbocycles. The molecule has 17 heteroatoms. The Bertz CT molecular complexity index is 2330. The molecule has 2 aliphatic heterocycles. The Morgan fingerprint density at radius 2 is 1.82 bits per heavy atom. The molecule has 3 fully saturated rings. The lowest BCUT2D eigenvalue weighted by Crippen LogP contribution is -2.53.